The number of benzene rings is 1. The molecule has 0 radical (unpaired) electrons. The van der Waals surface area contributed by atoms with Gasteiger partial charge in [0, 0.05) is 10.9 Å². The lowest BCUT2D eigenvalue weighted by molar-refractivity contribution is -0.137. The Kier molecular flexibility index (Phi) is 5.80. The molecular weight excluding hydrogens is 452 g/mol. The van der Waals surface area contributed by atoms with E-state index in [4.69, 9.17) is 10.8 Å². The van der Waals surface area contributed by atoms with E-state index in [1.165, 1.54) is 4.68 Å². The molecule has 0 aliphatic rings. The Labute approximate surface area is 170 Å². The monoisotopic (exact) mass is 464 g/mol. The Morgan fingerprint density at radius 3 is 2.75 bits per heavy atom. The van der Waals surface area contributed by atoms with Crippen molar-refractivity contribution >= 4 is 45.1 Å². The van der Waals surface area contributed by atoms with Gasteiger partial charge in [-0.2, -0.15) is 0 Å². The Morgan fingerprint density at radius 1 is 1.32 bits per heavy atom. The van der Waals surface area contributed by atoms with Crippen molar-refractivity contribution < 1.29 is 19.5 Å². The lowest BCUT2D eigenvalue weighted by Crippen LogP contribution is -2.35. The fourth-order valence-corrected chi connectivity index (χ4v) is 3.56. The number of nitrogens with zero attached hydrogens (tertiary/aromatic N) is 5. The van der Waals surface area contributed by atoms with E-state index in [0.29, 0.717) is 21.5 Å². The van der Waals surface area contributed by atoms with Gasteiger partial charge in [0.05, 0.1) is 18.4 Å². The summed E-state index contributed by atoms with van der Waals surface area (Å²) in [5, 5.41) is 18.9. The molecule has 0 aliphatic carbocycles. The molecule has 2 heterocycles. The van der Waals surface area contributed by atoms with Crippen molar-refractivity contribution in [3.05, 3.63) is 56.7 Å². The fraction of sp³-hybridized carbons (Fsp3) is 0.125. The molecule has 3 aromatic rings. The normalized spacial score (nSPS) is 10.6. The van der Waals surface area contributed by atoms with Crippen LogP contribution in [0.15, 0.2) is 40.4 Å². The lowest BCUT2D eigenvalue weighted by Gasteiger charge is -2.17. The van der Waals surface area contributed by atoms with Crippen LogP contribution >= 0.6 is 27.3 Å². The van der Waals surface area contributed by atoms with Crippen LogP contribution in [0.1, 0.15) is 25.9 Å². The van der Waals surface area contributed by atoms with E-state index in [1.54, 1.807) is 35.8 Å². The molecule has 12 heteroatoms. The molecule has 1 aromatic carbocycles. The van der Waals surface area contributed by atoms with Crippen molar-refractivity contribution in [1.82, 2.24) is 24.9 Å². The molecule has 0 saturated carbocycles. The topological polar surface area (TPSA) is 144 Å². The van der Waals surface area contributed by atoms with E-state index in [9.17, 15) is 14.4 Å². The number of aromatic nitrogens is 4. The predicted molar refractivity (Wildman–Crippen MR) is 102 cm³/mol. The molecule has 28 heavy (non-hydrogen) atoms. The summed E-state index contributed by atoms with van der Waals surface area (Å²) in [6, 6.07) is 6.48. The number of amides is 2. The Bertz CT molecular complexity index is 1050. The third-order valence-electron chi connectivity index (χ3n) is 3.56. The number of primary amides is 1. The van der Waals surface area contributed by atoms with Crippen LogP contribution in [0.3, 0.4) is 0 Å². The number of carboxylic acid groups (broad SMARTS) is 1. The van der Waals surface area contributed by atoms with Crippen molar-refractivity contribution in [2.45, 2.75) is 6.54 Å². The third-order valence-corrected chi connectivity index (χ3v) is 5.10. The van der Waals surface area contributed by atoms with Crippen LogP contribution < -0.4 is 5.73 Å². The summed E-state index contributed by atoms with van der Waals surface area (Å²) in [5.74, 6) is -2.26. The minimum Gasteiger partial charge on any atom is -0.480 e. The fourth-order valence-electron chi connectivity index (χ4n) is 2.34. The number of rotatable bonds is 7. The summed E-state index contributed by atoms with van der Waals surface area (Å²) in [7, 11) is 0. The Hall–Kier alpha value is -3.12. The van der Waals surface area contributed by atoms with E-state index < -0.39 is 24.3 Å². The standard InChI is InChI=1S/C16H13BrN6O4S/c17-12-8-28-15(19-12)16(27)22(7-13(24)25)5-10-6-23(21-20-10)11-3-1-2-9(4-11)14(18)26/h1-4,6,8H,5,7H2,(H2,18,26)(H,24,25). The van der Waals surface area contributed by atoms with E-state index in [0.717, 1.165) is 16.2 Å². The number of carbonyl (C=O) groups is 3. The van der Waals surface area contributed by atoms with Crippen LogP contribution in [0.4, 0.5) is 0 Å². The quantitative estimate of drug-likeness (QED) is 0.535. The molecule has 0 spiro atoms. The molecule has 0 fully saturated rings. The smallest absolute Gasteiger partial charge is 0.323 e. The van der Waals surface area contributed by atoms with Gasteiger partial charge in [0.2, 0.25) is 5.91 Å². The maximum Gasteiger partial charge on any atom is 0.323 e. The molecule has 0 aliphatic heterocycles. The number of halogens is 1. The highest BCUT2D eigenvalue weighted by Gasteiger charge is 2.23. The molecule has 2 aromatic heterocycles. The minimum absolute atomic E-state index is 0.0716. The van der Waals surface area contributed by atoms with Gasteiger partial charge in [0.25, 0.3) is 5.91 Å². The van der Waals surface area contributed by atoms with Gasteiger partial charge >= 0.3 is 5.97 Å². The molecule has 10 nitrogen and oxygen atoms in total. The van der Waals surface area contributed by atoms with E-state index in [2.05, 4.69) is 31.2 Å². The van der Waals surface area contributed by atoms with Crippen LogP contribution in [0.25, 0.3) is 5.69 Å². The number of carboxylic acids is 1. The van der Waals surface area contributed by atoms with Gasteiger partial charge in [-0.3, -0.25) is 14.4 Å². The Balaban J connectivity index is 1.82. The largest absolute Gasteiger partial charge is 0.480 e. The number of hydrogen-bond acceptors (Lipinski definition) is 7. The lowest BCUT2D eigenvalue weighted by atomic mass is 10.2. The molecule has 3 rings (SSSR count). The van der Waals surface area contributed by atoms with E-state index in [-0.39, 0.29) is 11.6 Å². The van der Waals surface area contributed by atoms with Gasteiger partial charge in [-0.1, -0.05) is 11.3 Å². The van der Waals surface area contributed by atoms with Crippen molar-refractivity contribution in [1.29, 1.82) is 0 Å². The third kappa shape index (κ3) is 4.58. The van der Waals surface area contributed by atoms with Crippen LogP contribution in [-0.2, 0) is 11.3 Å². The molecule has 2 amide bonds. The molecule has 3 N–H and O–H groups in total. The number of hydrogen-bond donors (Lipinski definition) is 2. The van der Waals surface area contributed by atoms with Gasteiger partial charge in [-0.05, 0) is 34.1 Å². The zero-order valence-corrected chi connectivity index (χ0v) is 16.6. The van der Waals surface area contributed by atoms with Gasteiger partial charge in [0.1, 0.15) is 16.8 Å². The second-order valence-electron chi connectivity index (χ2n) is 5.60. The number of carbonyl (C=O) groups excluding carboxylic acids is 2. The average molecular weight is 465 g/mol. The second-order valence-corrected chi connectivity index (χ2v) is 7.27. The zero-order chi connectivity index (χ0) is 20.3. The van der Waals surface area contributed by atoms with Gasteiger partial charge in [-0.25, -0.2) is 9.67 Å². The maximum atomic E-state index is 12.6. The number of aliphatic carboxylic acids is 1. The van der Waals surface area contributed by atoms with Crippen molar-refractivity contribution in [3.63, 3.8) is 0 Å². The van der Waals surface area contributed by atoms with E-state index in [1.807, 2.05) is 0 Å². The van der Waals surface area contributed by atoms with Crippen molar-refractivity contribution in [3.8, 4) is 5.69 Å². The summed E-state index contributed by atoms with van der Waals surface area (Å²) in [6.45, 7) is -0.585. The first-order valence-corrected chi connectivity index (χ1v) is 9.44. The maximum absolute atomic E-state index is 12.6. The van der Waals surface area contributed by atoms with Crippen molar-refractivity contribution in [2.24, 2.45) is 5.73 Å². The van der Waals surface area contributed by atoms with Crippen molar-refractivity contribution in [2.75, 3.05) is 6.54 Å². The number of nitrogens with two attached hydrogens (primary N) is 1. The van der Waals surface area contributed by atoms with Crippen LogP contribution in [0.5, 0.6) is 0 Å². The van der Waals surface area contributed by atoms with Gasteiger partial charge in [0.15, 0.2) is 5.01 Å². The number of thiazole rings is 1. The first kappa shape index (κ1) is 19.6. The molecule has 0 atom stereocenters. The minimum atomic E-state index is -1.16. The average Bonchev–Trinajstić information content (AvgIpc) is 3.29. The highest BCUT2D eigenvalue weighted by atomic mass is 79.9. The van der Waals surface area contributed by atoms with Crippen LogP contribution in [0.2, 0.25) is 0 Å². The van der Waals surface area contributed by atoms with Crippen LogP contribution in [0, 0.1) is 0 Å². The first-order chi connectivity index (χ1) is 13.3. The summed E-state index contributed by atoms with van der Waals surface area (Å²) >= 11 is 4.27. The zero-order valence-electron chi connectivity index (χ0n) is 14.1. The summed E-state index contributed by atoms with van der Waals surface area (Å²) in [4.78, 5) is 40.2. The van der Waals surface area contributed by atoms with Gasteiger partial charge in [-0.15, -0.1) is 16.4 Å². The second kappa shape index (κ2) is 8.27. The molecular formula is C16H13BrN6O4S. The Morgan fingerprint density at radius 2 is 2.11 bits per heavy atom. The summed E-state index contributed by atoms with van der Waals surface area (Å²) < 4.78 is 1.90. The molecule has 0 unspecified atom stereocenters. The predicted octanol–water partition coefficient (Wildman–Crippen LogP) is 1.31. The first-order valence-electron chi connectivity index (χ1n) is 7.77. The molecule has 144 valence electrons. The van der Waals surface area contributed by atoms with Gasteiger partial charge < -0.3 is 15.7 Å². The van der Waals surface area contributed by atoms with Crippen LogP contribution in [-0.4, -0.2) is 54.3 Å². The summed E-state index contributed by atoms with van der Waals surface area (Å²) in [5.41, 5.74) is 6.51. The highest BCUT2D eigenvalue weighted by molar-refractivity contribution is 9.10. The highest BCUT2D eigenvalue weighted by Crippen LogP contribution is 2.18. The van der Waals surface area contributed by atoms with E-state index >= 15 is 0 Å². The molecule has 0 saturated heterocycles. The molecule has 0 bridgehead atoms. The summed E-state index contributed by atoms with van der Waals surface area (Å²) in [6.07, 6.45) is 1.54. The SMILES string of the molecule is NC(=O)c1cccc(-n2cc(CN(CC(=O)O)C(=O)c3nc(Br)cs3)nn2)c1.